The van der Waals surface area contributed by atoms with E-state index in [4.69, 9.17) is 0 Å². The maximum Gasteiger partial charge on any atom is -0.00458 e. The van der Waals surface area contributed by atoms with E-state index in [9.17, 15) is 0 Å². The van der Waals surface area contributed by atoms with Crippen LogP contribution in [0.25, 0.3) is 0 Å². The zero-order valence-corrected chi connectivity index (χ0v) is 34.6. The number of hydrogen-bond donors (Lipinski definition) is 0. The van der Waals surface area contributed by atoms with E-state index in [1.807, 2.05) is 0 Å². The second kappa shape index (κ2) is 19.2. The lowest BCUT2D eigenvalue weighted by molar-refractivity contribution is 1.73. The van der Waals surface area contributed by atoms with Crippen molar-refractivity contribution in [2.75, 3.05) is 0 Å². The van der Waals surface area contributed by atoms with Gasteiger partial charge in [-0.15, -0.1) is 0 Å². The van der Waals surface area contributed by atoms with Gasteiger partial charge in [0.2, 0.25) is 0 Å². The monoisotopic (exact) mass is 790 g/mol. The van der Waals surface area contributed by atoms with E-state index >= 15 is 0 Å². The van der Waals surface area contributed by atoms with E-state index in [0.29, 0.717) is 0 Å². The van der Waals surface area contributed by atoms with Gasteiger partial charge in [-0.3, -0.25) is 0 Å². The molecular formula is C52H42P4. The molecule has 8 rings (SSSR count). The molecule has 0 aliphatic carbocycles. The van der Waals surface area contributed by atoms with Crippen molar-refractivity contribution in [1.29, 1.82) is 0 Å². The smallest absolute Gasteiger partial charge is 0.00458 e. The first-order chi connectivity index (χ1) is 27.8. The fourth-order valence-corrected chi connectivity index (χ4v) is 19.3. The lowest BCUT2D eigenvalue weighted by Crippen LogP contribution is -2.19. The molecule has 8 aromatic carbocycles. The van der Waals surface area contributed by atoms with Crippen molar-refractivity contribution in [2.45, 2.75) is 0 Å². The molecule has 0 saturated heterocycles. The maximum absolute atomic E-state index is 2.58. The zero-order chi connectivity index (χ0) is 37.8. The van der Waals surface area contributed by atoms with Crippen LogP contribution in [0.2, 0.25) is 0 Å². The van der Waals surface area contributed by atoms with Gasteiger partial charge in [0.1, 0.15) is 0 Å². The van der Waals surface area contributed by atoms with Crippen LogP contribution in [-0.2, 0) is 0 Å². The molecule has 0 spiro atoms. The van der Waals surface area contributed by atoms with Crippen molar-refractivity contribution >= 4 is 74.1 Å². The molecule has 0 aliphatic heterocycles. The molecule has 0 amide bonds. The highest BCUT2D eigenvalue weighted by molar-refractivity contribution is 7.95. The molecule has 8 aromatic rings. The normalized spacial score (nSPS) is 11.1. The first kappa shape index (κ1) is 37.9. The summed E-state index contributed by atoms with van der Waals surface area (Å²) in [5.41, 5.74) is 0. The van der Waals surface area contributed by atoms with Gasteiger partial charge in [0.25, 0.3) is 0 Å². The molecule has 0 atom stereocenters. The first-order valence-electron chi connectivity index (χ1n) is 18.9. The summed E-state index contributed by atoms with van der Waals surface area (Å²) in [7, 11) is -3.71. The fourth-order valence-electron chi connectivity index (χ4n) is 6.92. The Kier molecular flexibility index (Phi) is 13.0. The SMILES string of the molecule is C(C=C(P(c1ccccc1)c1ccccc1)P(c1ccccc1)c1ccccc1)=C(P(c1ccccc1)c1ccccc1)P(c1ccccc1)c1ccccc1. The molecule has 0 bridgehead atoms. The van der Waals surface area contributed by atoms with Crippen molar-refractivity contribution < 1.29 is 0 Å². The molecule has 0 N–H and O–H groups in total. The topological polar surface area (TPSA) is 0 Å². The Morgan fingerprint density at radius 1 is 0.196 bits per heavy atom. The average molecular weight is 791 g/mol. The second-order valence-electron chi connectivity index (χ2n) is 13.1. The molecule has 0 heterocycles. The van der Waals surface area contributed by atoms with Gasteiger partial charge in [-0.25, -0.2) is 0 Å². The summed E-state index contributed by atoms with van der Waals surface area (Å²) in [6.07, 6.45) is 5.16. The van der Waals surface area contributed by atoms with E-state index in [0.717, 1.165) is 0 Å². The molecule has 0 saturated carbocycles. The molecule has 0 nitrogen and oxygen atoms in total. The number of allylic oxidation sites excluding steroid dienone is 2. The van der Waals surface area contributed by atoms with Crippen molar-refractivity contribution in [3.63, 3.8) is 0 Å². The lowest BCUT2D eigenvalue weighted by Gasteiger charge is -2.32. The quantitative estimate of drug-likeness (QED) is 0.0806. The third-order valence-corrected chi connectivity index (χ3v) is 20.8. The van der Waals surface area contributed by atoms with Crippen LogP contribution in [0.15, 0.2) is 265 Å². The summed E-state index contributed by atoms with van der Waals surface area (Å²) in [4.78, 5) is 0. The summed E-state index contributed by atoms with van der Waals surface area (Å²) in [5.74, 6) is 0. The predicted molar refractivity (Wildman–Crippen MR) is 252 cm³/mol. The molecular weight excluding hydrogens is 748 g/mol. The van der Waals surface area contributed by atoms with Crippen LogP contribution in [0.1, 0.15) is 0 Å². The van der Waals surface area contributed by atoms with Crippen LogP contribution in [-0.4, -0.2) is 0 Å². The summed E-state index contributed by atoms with van der Waals surface area (Å²) >= 11 is 0. The van der Waals surface area contributed by atoms with Crippen molar-refractivity contribution in [3.8, 4) is 0 Å². The molecule has 0 radical (unpaired) electrons. The highest BCUT2D eigenvalue weighted by Gasteiger charge is 2.31. The molecule has 56 heavy (non-hydrogen) atoms. The van der Waals surface area contributed by atoms with E-state index in [1.165, 1.54) is 52.5 Å². The lowest BCUT2D eigenvalue weighted by atomic mass is 10.4. The fraction of sp³-hybridized carbons (Fsp3) is 0. The highest BCUT2D eigenvalue weighted by Crippen LogP contribution is 2.63. The third-order valence-electron chi connectivity index (χ3n) is 9.41. The van der Waals surface area contributed by atoms with Gasteiger partial charge < -0.3 is 0 Å². The molecule has 270 valence electrons. The summed E-state index contributed by atoms with van der Waals surface area (Å²) in [6, 6.07) is 89.7. The maximum atomic E-state index is 2.58. The molecule has 0 aliphatic rings. The van der Waals surface area contributed by atoms with Crippen molar-refractivity contribution in [1.82, 2.24) is 0 Å². The van der Waals surface area contributed by atoms with Gasteiger partial charge >= 0.3 is 0 Å². The molecule has 4 heteroatoms. The zero-order valence-electron chi connectivity index (χ0n) is 31.0. The largest absolute Gasteiger partial charge is 0.0622 e. The summed E-state index contributed by atoms with van der Waals surface area (Å²) in [6.45, 7) is 0. The summed E-state index contributed by atoms with van der Waals surface area (Å²) < 4.78 is 0. The van der Waals surface area contributed by atoms with Gasteiger partial charge in [0, 0.05) is 0 Å². The molecule has 0 fully saturated rings. The Morgan fingerprint density at radius 3 is 0.446 bits per heavy atom. The van der Waals surface area contributed by atoms with Gasteiger partial charge in [-0.1, -0.05) is 255 Å². The minimum Gasteiger partial charge on any atom is -0.0622 e. The summed E-state index contributed by atoms with van der Waals surface area (Å²) in [5, 5.41) is 13.8. The van der Waals surface area contributed by atoms with Crippen molar-refractivity contribution in [3.05, 3.63) is 265 Å². The van der Waals surface area contributed by atoms with E-state index in [-0.39, 0.29) is 0 Å². The Hall–Kier alpha value is -5.04. The Morgan fingerprint density at radius 2 is 0.321 bits per heavy atom. The highest BCUT2D eigenvalue weighted by atomic mass is 31.2. The second-order valence-corrected chi connectivity index (χ2v) is 22.5. The predicted octanol–water partition coefficient (Wildman–Crippen LogP) is 11.2. The minimum atomic E-state index is -0.927. The standard InChI is InChI=1S/C52H42P4/c1-9-25-43(26-10-1)53(44-27-11-2-12-28-44)51(54(45-29-13-3-14-30-45)46-31-15-4-16-32-46)41-42-52(55(47-33-17-5-18-34-47)48-35-19-6-20-36-48)56(49-37-21-7-22-38-49)50-39-23-8-24-40-50/h1-42H. The van der Waals surface area contributed by atoms with Gasteiger partial charge in [0.15, 0.2) is 0 Å². The van der Waals surface area contributed by atoms with Gasteiger partial charge in [0.05, 0.1) is 0 Å². The van der Waals surface area contributed by atoms with Crippen molar-refractivity contribution in [2.24, 2.45) is 0 Å². The van der Waals surface area contributed by atoms with Crippen LogP contribution in [0, 0.1) is 0 Å². The minimum absolute atomic E-state index is 0.927. The van der Waals surface area contributed by atoms with Gasteiger partial charge in [-0.2, -0.15) is 0 Å². The van der Waals surface area contributed by atoms with Crippen LogP contribution < -0.4 is 42.4 Å². The van der Waals surface area contributed by atoms with E-state index in [2.05, 4.69) is 255 Å². The first-order valence-corrected chi connectivity index (χ1v) is 24.2. The molecule has 0 unspecified atom stereocenters. The van der Waals surface area contributed by atoms with Crippen LogP contribution in [0.3, 0.4) is 0 Å². The Balaban J connectivity index is 1.48. The van der Waals surface area contributed by atoms with E-state index in [1.54, 1.807) is 0 Å². The van der Waals surface area contributed by atoms with Crippen LogP contribution in [0.4, 0.5) is 0 Å². The third kappa shape index (κ3) is 8.98. The average Bonchev–Trinajstić information content (AvgIpc) is 3.28. The molecule has 0 aromatic heterocycles. The number of benzene rings is 8. The number of hydrogen-bond acceptors (Lipinski definition) is 0. The van der Waals surface area contributed by atoms with E-state index < -0.39 is 31.7 Å². The van der Waals surface area contributed by atoms with Crippen LogP contribution >= 0.6 is 31.7 Å². The van der Waals surface area contributed by atoms with Crippen LogP contribution in [0.5, 0.6) is 0 Å². The number of rotatable bonds is 13. The Bertz CT molecular complexity index is 1940. The van der Waals surface area contributed by atoms with Gasteiger partial charge in [-0.05, 0) is 84.2 Å². The Labute approximate surface area is 337 Å².